The van der Waals surface area contributed by atoms with Gasteiger partial charge in [0.25, 0.3) is 0 Å². The van der Waals surface area contributed by atoms with Crippen molar-refractivity contribution in [3.63, 3.8) is 0 Å². The fourth-order valence-corrected chi connectivity index (χ4v) is 4.02. The van der Waals surface area contributed by atoms with Gasteiger partial charge in [0, 0.05) is 37.7 Å². The molecule has 0 saturated carbocycles. The lowest BCUT2D eigenvalue weighted by Gasteiger charge is -2.48. The van der Waals surface area contributed by atoms with Gasteiger partial charge in [0.05, 0.1) is 18.7 Å². The molecule has 2 saturated heterocycles. The smallest absolute Gasteiger partial charge is 0.304 e. The highest BCUT2D eigenvalue weighted by Gasteiger charge is 2.41. The van der Waals surface area contributed by atoms with Crippen LogP contribution in [0, 0.1) is 5.41 Å². The molecule has 0 radical (unpaired) electrons. The summed E-state index contributed by atoms with van der Waals surface area (Å²) in [5.41, 5.74) is 1.03. The van der Waals surface area contributed by atoms with Crippen molar-refractivity contribution in [3.8, 4) is 0 Å². The highest BCUT2D eigenvalue weighted by Crippen LogP contribution is 2.39. The third-order valence-electron chi connectivity index (χ3n) is 5.21. The van der Waals surface area contributed by atoms with Gasteiger partial charge in [-0.2, -0.15) is 0 Å². The number of carbonyl (C=O) groups excluding carboxylic acids is 1. The number of aromatic nitrogens is 1. The number of hydrogen-bond donors (Lipinski definition) is 1. The van der Waals surface area contributed by atoms with Crippen molar-refractivity contribution in [3.05, 3.63) is 30.1 Å². The van der Waals surface area contributed by atoms with Crippen molar-refractivity contribution >= 4 is 11.9 Å². The number of hydrogen-bond acceptors (Lipinski definition) is 4. The molecule has 24 heavy (non-hydrogen) atoms. The largest absolute Gasteiger partial charge is 0.481 e. The fourth-order valence-electron chi connectivity index (χ4n) is 4.02. The van der Waals surface area contributed by atoms with Crippen LogP contribution in [-0.4, -0.2) is 57.9 Å². The van der Waals surface area contributed by atoms with Crippen LogP contribution in [0.4, 0.5) is 0 Å². The number of aliphatic carboxylic acids is 1. The molecule has 1 aromatic rings. The summed E-state index contributed by atoms with van der Waals surface area (Å²) in [6.07, 6.45) is 5.63. The van der Waals surface area contributed by atoms with Gasteiger partial charge >= 0.3 is 5.97 Å². The van der Waals surface area contributed by atoms with E-state index in [0.29, 0.717) is 19.5 Å². The van der Waals surface area contributed by atoms with Gasteiger partial charge in [-0.05, 0) is 37.9 Å². The Kier molecular flexibility index (Phi) is 5.14. The minimum Gasteiger partial charge on any atom is -0.481 e. The van der Waals surface area contributed by atoms with Crippen molar-refractivity contribution in [2.75, 3.05) is 26.2 Å². The number of likely N-dealkylation sites (tertiary alicyclic amines) is 2. The van der Waals surface area contributed by atoms with E-state index < -0.39 is 5.97 Å². The molecular formula is C18H25N3O3. The van der Waals surface area contributed by atoms with E-state index in [2.05, 4.69) is 9.88 Å². The second-order valence-corrected chi connectivity index (χ2v) is 7.09. The van der Waals surface area contributed by atoms with Crippen LogP contribution in [0.3, 0.4) is 0 Å². The van der Waals surface area contributed by atoms with Gasteiger partial charge in [-0.1, -0.05) is 6.07 Å². The molecular weight excluding hydrogens is 306 g/mol. The third-order valence-corrected chi connectivity index (χ3v) is 5.21. The molecule has 0 aliphatic carbocycles. The third kappa shape index (κ3) is 4.12. The Morgan fingerprint density at radius 3 is 2.92 bits per heavy atom. The maximum Gasteiger partial charge on any atom is 0.304 e. The highest BCUT2D eigenvalue weighted by atomic mass is 16.4. The summed E-state index contributed by atoms with van der Waals surface area (Å²) in [6.45, 7) is 3.78. The maximum absolute atomic E-state index is 12.3. The van der Waals surface area contributed by atoms with Crippen LogP contribution in [0.15, 0.2) is 24.4 Å². The lowest BCUT2D eigenvalue weighted by Crippen LogP contribution is -2.54. The Labute approximate surface area is 142 Å². The van der Waals surface area contributed by atoms with Gasteiger partial charge in [0.15, 0.2) is 0 Å². The van der Waals surface area contributed by atoms with E-state index in [9.17, 15) is 9.59 Å². The standard InChI is InChI=1S/C18H25N3O3/c22-16-5-8-18(7-3-10-20(13-18)11-6-17(23)24)14-21(16)12-15-4-1-2-9-19-15/h1-2,4,9H,3,5-8,10-14H2,(H,23,24)/t18-/m0/s1. The van der Waals surface area contributed by atoms with Gasteiger partial charge in [0.1, 0.15) is 0 Å². The van der Waals surface area contributed by atoms with Crippen LogP contribution < -0.4 is 0 Å². The molecule has 0 unspecified atom stereocenters. The van der Waals surface area contributed by atoms with Gasteiger partial charge < -0.3 is 14.9 Å². The molecule has 6 heteroatoms. The molecule has 1 amide bonds. The van der Waals surface area contributed by atoms with Gasteiger partial charge in [-0.15, -0.1) is 0 Å². The first-order valence-electron chi connectivity index (χ1n) is 8.68. The van der Waals surface area contributed by atoms with E-state index >= 15 is 0 Å². The Balaban J connectivity index is 1.64. The summed E-state index contributed by atoms with van der Waals surface area (Å²) in [5.74, 6) is -0.542. The van der Waals surface area contributed by atoms with Crippen molar-refractivity contribution in [2.45, 2.75) is 38.6 Å². The van der Waals surface area contributed by atoms with Crippen molar-refractivity contribution in [1.29, 1.82) is 0 Å². The van der Waals surface area contributed by atoms with E-state index in [1.54, 1.807) is 6.20 Å². The first kappa shape index (κ1) is 16.9. The number of rotatable bonds is 5. The van der Waals surface area contributed by atoms with Crippen LogP contribution in [0.25, 0.3) is 0 Å². The Hall–Kier alpha value is -1.95. The number of carboxylic acid groups (broad SMARTS) is 1. The lowest BCUT2D eigenvalue weighted by atomic mass is 9.73. The van der Waals surface area contributed by atoms with Crippen molar-refractivity contribution in [1.82, 2.24) is 14.8 Å². The minimum absolute atomic E-state index is 0.111. The van der Waals surface area contributed by atoms with Crippen LogP contribution in [0.1, 0.15) is 37.8 Å². The summed E-state index contributed by atoms with van der Waals surface area (Å²) < 4.78 is 0. The number of carboxylic acids is 1. The summed E-state index contributed by atoms with van der Waals surface area (Å²) in [4.78, 5) is 31.7. The molecule has 1 aromatic heterocycles. The normalized spacial score (nSPS) is 25.2. The molecule has 6 nitrogen and oxygen atoms in total. The molecule has 1 atom stereocenters. The summed E-state index contributed by atoms with van der Waals surface area (Å²) in [6, 6.07) is 5.78. The van der Waals surface area contributed by atoms with Crippen LogP contribution in [0.5, 0.6) is 0 Å². The van der Waals surface area contributed by atoms with Crippen molar-refractivity contribution < 1.29 is 14.7 Å². The average Bonchev–Trinajstić information content (AvgIpc) is 2.58. The first-order valence-corrected chi connectivity index (χ1v) is 8.68. The topological polar surface area (TPSA) is 73.7 Å². The van der Waals surface area contributed by atoms with E-state index in [1.165, 1.54) is 0 Å². The molecule has 0 bridgehead atoms. The van der Waals surface area contributed by atoms with Gasteiger partial charge in [-0.3, -0.25) is 14.6 Å². The zero-order valence-electron chi connectivity index (χ0n) is 14.0. The summed E-state index contributed by atoms with van der Waals surface area (Å²) in [7, 11) is 0. The SMILES string of the molecule is O=C(O)CCN1CCC[C@]2(CCC(=O)N(Cc3ccccn3)C2)C1. The number of amides is 1. The Bertz CT molecular complexity index is 592. The monoisotopic (exact) mass is 331 g/mol. The van der Waals surface area contributed by atoms with Gasteiger partial charge in [-0.25, -0.2) is 0 Å². The molecule has 0 aromatic carbocycles. The lowest BCUT2D eigenvalue weighted by molar-refractivity contribution is -0.140. The molecule has 2 aliphatic heterocycles. The summed E-state index contributed by atoms with van der Waals surface area (Å²) >= 11 is 0. The molecule has 130 valence electrons. The van der Waals surface area contributed by atoms with E-state index in [1.807, 2.05) is 23.1 Å². The molecule has 1 N–H and O–H groups in total. The predicted molar refractivity (Wildman–Crippen MR) is 89.2 cm³/mol. The molecule has 2 aliphatic rings. The van der Waals surface area contributed by atoms with Crippen LogP contribution in [0.2, 0.25) is 0 Å². The minimum atomic E-state index is -0.745. The molecule has 1 spiro atoms. The second-order valence-electron chi connectivity index (χ2n) is 7.09. The summed E-state index contributed by atoms with van der Waals surface area (Å²) in [5, 5.41) is 8.90. The number of piperidine rings is 2. The zero-order valence-corrected chi connectivity index (χ0v) is 14.0. The van der Waals surface area contributed by atoms with Crippen LogP contribution in [-0.2, 0) is 16.1 Å². The van der Waals surface area contributed by atoms with Gasteiger partial charge in [0.2, 0.25) is 5.91 Å². The molecule has 3 heterocycles. The zero-order chi connectivity index (χ0) is 17.0. The molecule has 3 rings (SSSR count). The van der Waals surface area contributed by atoms with E-state index in [0.717, 1.165) is 44.6 Å². The Morgan fingerprint density at radius 1 is 1.29 bits per heavy atom. The fraction of sp³-hybridized carbons (Fsp3) is 0.611. The number of pyridine rings is 1. The Morgan fingerprint density at radius 2 is 2.17 bits per heavy atom. The van der Waals surface area contributed by atoms with E-state index in [-0.39, 0.29) is 17.7 Å². The van der Waals surface area contributed by atoms with E-state index in [4.69, 9.17) is 5.11 Å². The average molecular weight is 331 g/mol. The van der Waals surface area contributed by atoms with Crippen molar-refractivity contribution in [2.24, 2.45) is 5.41 Å². The quantitative estimate of drug-likeness (QED) is 0.890. The predicted octanol–water partition coefficient (Wildman–Crippen LogP) is 1.76. The second kappa shape index (κ2) is 7.30. The number of carbonyl (C=O) groups is 2. The first-order chi connectivity index (χ1) is 11.6. The molecule has 2 fully saturated rings. The highest BCUT2D eigenvalue weighted by molar-refractivity contribution is 5.77. The van der Waals surface area contributed by atoms with Crippen LogP contribution >= 0.6 is 0 Å². The number of nitrogens with zero attached hydrogens (tertiary/aromatic N) is 3. The maximum atomic E-state index is 12.3.